The van der Waals surface area contributed by atoms with E-state index in [4.69, 9.17) is 16.7 Å². The molecule has 0 aliphatic carbocycles. The van der Waals surface area contributed by atoms with Gasteiger partial charge in [0.15, 0.2) is 0 Å². The molecule has 0 bridgehead atoms. The van der Waals surface area contributed by atoms with E-state index in [2.05, 4.69) is 46.5 Å². The van der Waals surface area contributed by atoms with Gasteiger partial charge in [0.1, 0.15) is 5.82 Å². The summed E-state index contributed by atoms with van der Waals surface area (Å²) >= 11 is 8.11. The zero-order valence-corrected chi connectivity index (χ0v) is 22.6. The molecule has 0 saturated carbocycles. The summed E-state index contributed by atoms with van der Waals surface area (Å²) in [4.78, 5) is 17.1. The minimum atomic E-state index is -0.334. The molecule has 3 aromatic carbocycles. The van der Waals surface area contributed by atoms with Crippen molar-refractivity contribution in [1.29, 1.82) is 0 Å². The third kappa shape index (κ3) is 4.27. The van der Waals surface area contributed by atoms with Gasteiger partial charge in [-0.15, -0.1) is 11.8 Å². The Labute approximate surface area is 230 Å². The number of benzene rings is 3. The van der Waals surface area contributed by atoms with Gasteiger partial charge in [-0.3, -0.25) is 0 Å². The molecule has 5 aromatic rings. The second-order valence-corrected chi connectivity index (χ2v) is 10.4. The van der Waals surface area contributed by atoms with Crippen molar-refractivity contribution < 1.29 is 4.79 Å². The van der Waals surface area contributed by atoms with E-state index >= 15 is 0 Å². The number of fused-ring (bicyclic) bond motifs is 3. The number of hydrogen-bond acceptors (Lipinski definition) is 3. The van der Waals surface area contributed by atoms with Gasteiger partial charge < -0.3 is 14.8 Å². The topological polar surface area (TPSA) is 55.1 Å². The van der Waals surface area contributed by atoms with E-state index < -0.39 is 0 Å². The molecule has 190 valence electrons. The standard InChI is InChI=1S/C30H26ClN5OS/c1-20-24-19-35(30(37)32-26-12-7-6-11-25(26)31)28(21-14-16-23(38-2)17-15-21)27-13-8-18-34(27)29(24)36(33-20)22-9-4-3-5-10-22/h3-18,28H,19H2,1-2H3,(H,32,37)/t28-/m1/s1. The fraction of sp³-hybridized carbons (Fsp3) is 0.133. The molecule has 0 saturated heterocycles. The molecule has 1 aliphatic heterocycles. The number of anilines is 1. The number of thioether (sulfide) groups is 1. The number of rotatable bonds is 4. The van der Waals surface area contributed by atoms with Crippen LogP contribution in [0, 0.1) is 6.92 Å². The van der Waals surface area contributed by atoms with Gasteiger partial charge in [0.2, 0.25) is 0 Å². The van der Waals surface area contributed by atoms with Crippen LogP contribution in [0.4, 0.5) is 10.5 Å². The first-order valence-corrected chi connectivity index (χ1v) is 13.9. The summed E-state index contributed by atoms with van der Waals surface area (Å²) in [6.45, 7) is 2.38. The van der Waals surface area contributed by atoms with Crippen molar-refractivity contribution in [3.05, 3.63) is 125 Å². The van der Waals surface area contributed by atoms with Crippen LogP contribution < -0.4 is 5.32 Å². The highest BCUT2D eigenvalue weighted by Crippen LogP contribution is 2.39. The number of nitrogens with one attached hydrogen (secondary N) is 1. The Morgan fingerprint density at radius 2 is 1.71 bits per heavy atom. The lowest BCUT2D eigenvalue weighted by molar-refractivity contribution is 0.194. The van der Waals surface area contributed by atoms with Crippen molar-refractivity contribution in [2.75, 3.05) is 11.6 Å². The molecule has 2 amide bonds. The first-order chi connectivity index (χ1) is 18.5. The summed E-state index contributed by atoms with van der Waals surface area (Å²) in [6, 6.07) is 29.3. The number of amides is 2. The summed E-state index contributed by atoms with van der Waals surface area (Å²) in [5, 5.41) is 8.46. The maximum atomic E-state index is 14.0. The number of aryl methyl sites for hydroxylation is 1. The van der Waals surface area contributed by atoms with Gasteiger partial charge in [0.25, 0.3) is 0 Å². The van der Waals surface area contributed by atoms with Crippen molar-refractivity contribution in [2.24, 2.45) is 0 Å². The third-order valence-electron chi connectivity index (χ3n) is 6.89. The predicted octanol–water partition coefficient (Wildman–Crippen LogP) is 7.48. The third-order valence-corrected chi connectivity index (χ3v) is 7.97. The van der Waals surface area contributed by atoms with Gasteiger partial charge in [-0.25, -0.2) is 9.48 Å². The normalized spacial score (nSPS) is 14.5. The molecule has 38 heavy (non-hydrogen) atoms. The SMILES string of the molecule is CSc1ccc([C@@H]2c3cccn3-c3c(c(C)nn3-c3ccccc3)CN2C(=O)Nc2ccccc2Cl)cc1. The van der Waals surface area contributed by atoms with E-state index in [1.54, 1.807) is 17.8 Å². The molecule has 0 spiro atoms. The molecular formula is C30H26ClN5OS. The van der Waals surface area contributed by atoms with Crippen LogP contribution in [0.15, 0.2) is 102 Å². The number of para-hydroxylation sites is 2. The Kier molecular flexibility index (Phi) is 6.47. The number of carbonyl (C=O) groups is 1. The lowest BCUT2D eigenvalue weighted by atomic mass is 10.0. The average molecular weight is 540 g/mol. The zero-order chi connectivity index (χ0) is 26.2. The van der Waals surface area contributed by atoms with Crippen molar-refractivity contribution in [3.8, 4) is 11.5 Å². The molecule has 8 heteroatoms. The smallest absolute Gasteiger partial charge is 0.307 e. The quantitative estimate of drug-likeness (QED) is 0.241. The first kappa shape index (κ1) is 24.4. The van der Waals surface area contributed by atoms with Crippen molar-refractivity contribution in [3.63, 3.8) is 0 Å². The van der Waals surface area contributed by atoms with Gasteiger partial charge >= 0.3 is 6.03 Å². The predicted molar refractivity (Wildman–Crippen MR) is 154 cm³/mol. The van der Waals surface area contributed by atoms with Crippen LogP contribution in [-0.4, -0.2) is 31.5 Å². The molecule has 6 rings (SSSR count). The van der Waals surface area contributed by atoms with E-state index in [0.29, 0.717) is 17.3 Å². The van der Waals surface area contributed by atoms with Crippen LogP contribution in [-0.2, 0) is 6.54 Å². The number of halogens is 1. The van der Waals surface area contributed by atoms with Gasteiger partial charge in [-0.1, -0.05) is 54.1 Å². The Balaban J connectivity index is 1.53. The number of urea groups is 1. The molecule has 0 radical (unpaired) electrons. The second kappa shape index (κ2) is 10.1. The van der Waals surface area contributed by atoms with E-state index in [9.17, 15) is 4.79 Å². The highest BCUT2D eigenvalue weighted by Gasteiger charge is 2.36. The van der Waals surface area contributed by atoms with Crippen LogP contribution >= 0.6 is 23.4 Å². The lowest BCUT2D eigenvalue weighted by Crippen LogP contribution is -2.38. The highest BCUT2D eigenvalue weighted by molar-refractivity contribution is 7.98. The van der Waals surface area contributed by atoms with Crippen LogP contribution in [0.3, 0.4) is 0 Å². The average Bonchev–Trinajstić information content (AvgIpc) is 3.51. The van der Waals surface area contributed by atoms with Crippen LogP contribution in [0.1, 0.15) is 28.6 Å². The highest BCUT2D eigenvalue weighted by atomic mass is 35.5. The minimum absolute atomic E-state index is 0.232. The molecule has 0 fully saturated rings. The molecule has 2 aromatic heterocycles. The molecule has 6 nitrogen and oxygen atoms in total. The first-order valence-electron chi connectivity index (χ1n) is 12.3. The van der Waals surface area contributed by atoms with Crippen LogP contribution in [0.5, 0.6) is 0 Å². The number of aromatic nitrogens is 3. The van der Waals surface area contributed by atoms with E-state index in [-0.39, 0.29) is 12.1 Å². The fourth-order valence-corrected chi connectivity index (χ4v) is 5.63. The minimum Gasteiger partial charge on any atom is -0.307 e. The summed E-state index contributed by atoms with van der Waals surface area (Å²) < 4.78 is 4.13. The fourth-order valence-electron chi connectivity index (χ4n) is 5.04. The van der Waals surface area contributed by atoms with Crippen molar-refractivity contribution >= 4 is 35.1 Å². The maximum Gasteiger partial charge on any atom is 0.323 e. The Hall–Kier alpha value is -3.94. The molecule has 0 unspecified atom stereocenters. The summed E-state index contributed by atoms with van der Waals surface area (Å²) in [7, 11) is 0. The second-order valence-electron chi connectivity index (χ2n) is 9.15. The van der Waals surface area contributed by atoms with Gasteiger partial charge in [0, 0.05) is 16.7 Å². The molecule has 1 aliphatic rings. The Morgan fingerprint density at radius 1 is 0.974 bits per heavy atom. The zero-order valence-electron chi connectivity index (χ0n) is 21.0. The van der Waals surface area contributed by atoms with E-state index in [1.807, 2.05) is 77.3 Å². The number of nitrogens with zero attached hydrogens (tertiary/aromatic N) is 4. The summed E-state index contributed by atoms with van der Waals surface area (Å²) in [5.74, 6) is 0.937. The van der Waals surface area contributed by atoms with Crippen LogP contribution in [0.25, 0.3) is 11.5 Å². The van der Waals surface area contributed by atoms with Gasteiger partial charge in [-0.05, 0) is 67.3 Å². The molecule has 1 atom stereocenters. The van der Waals surface area contributed by atoms with Crippen LogP contribution in [0.2, 0.25) is 5.02 Å². The monoisotopic (exact) mass is 539 g/mol. The Bertz CT molecular complexity index is 1610. The number of hydrogen-bond donors (Lipinski definition) is 1. The van der Waals surface area contributed by atoms with E-state index in [0.717, 1.165) is 34.0 Å². The molecule has 1 N–H and O–H groups in total. The van der Waals surface area contributed by atoms with Crippen molar-refractivity contribution in [1.82, 2.24) is 19.2 Å². The number of carbonyl (C=O) groups excluding carboxylic acids is 1. The lowest BCUT2D eigenvalue weighted by Gasteiger charge is -2.31. The van der Waals surface area contributed by atoms with Gasteiger partial charge in [-0.2, -0.15) is 5.10 Å². The van der Waals surface area contributed by atoms with Gasteiger partial charge in [0.05, 0.1) is 40.4 Å². The summed E-state index contributed by atoms with van der Waals surface area (Å²) in [5.41, 5.74) is 5.41. The molecule has 3 heterocycles. The maximum absolute atomic E-state index is 14.0. The largest absolute Gasteiger partial charge is 0.323 e. The molecular weight excluding hydrogens is 514 g/mol. The summed E-state index contributed by atoms with van der Waals surface area (Å²) in [6.07, 6.45) is 4.11. The van der Waals surface area contributed by atoms with Crippen molar-refractivity contribution in [2.45, 2.75) is 24.4 Å². The Morgan fingerprint density at radius 3 is 2.45 bits per heavy atom. The van der Waals surface area contributed by atoms with E-state index in [1.165, 1.54) is 4.90 Å².